The van der Waals surface area contributed by atoms with E-state index in [1.807, 2.05) is 12.1 Å². The van der Waals surface area contributed by atoms with E-state index < -0.39 is 10.8 Å². The molecular weight excluding hydrogens is 318 g/mol. The first-order valence-electron chi connectivity index (χ1n) is 7.79. The van der Waals surface area contributed by atoms with Crippen molar-refractivity contribution in [2.24, 2.45) is 0 Å². The number of carbonyl (C=O) groups is 1. The second-order valence-corrected chi connectivity index (χ2v) is 8.05. The highest BCUT2D eigenvalue weighted by Crippen LogP contribution is 2.22. The standard InChI is InChI=1S/C20H23NO2S/c1-20(2,3)16-8-5-15(6-9-16)7-14-19(22)21-17-10-12-18(13-11-17)24(4)23/h5-14H,1-4H3,(H,21,22)/b14-7-/t24-/m0/s1. The van der Waals surface area contributed by atoms with Crippen molar-refractivity contribution in [3.63, 3.8) is 0 Å². The van der Waals surface area contributed by atoms with E-state index in [0.29, 0.717) is 5.69 Å². The number of nitrogens with one attached hydrogen (secondary N) is 1. The average molecular weight is 341 g/mol. The molecule has 0 saturated heterocycles. The molecule has 0 aliphatic rings. The first-order chi connectivity index (χ1) is 11.3. The lowest BCUT2D eigenvalue weighted by molar-refractivity contribution is -0.111. The van der Waals surface area contributed by atoms with Crippen LogP contribution in [0.2, 0.25) is 0 Å². The van der Waals surface area contributed by atoms with Crippen LogP contribution in [-0.2, 0) is 21.0 Å². The molecule has 4 heteroatoms. The van der Waals surface area contributed by atoms with Crippen LogP contribution >= 0.6 is 0 Å². The number of amides is 1. The number of hydrogen-bond acceptors (Lipinski definition) is 2. The topological polar surface area (TPSA) is 46.2 Å². The van der Waals surface area contributed by atoms with Crippen LogP contribution in [0.15, 0.2) is 59.5 Å². The summed E-state index contributed by atoms with van der Waals surface area (Å²) in [6.07, 6.45) is 4.93. The molecule has 0 saturated carbocycles. The van der Waals surface area contributed by atoms with E-state index in [-0.39, 0.29) is 11.3 Å². The van der Waals surface area contributed by atoms with Gasteiger partial charge >= 0.3 is 0 Å². The van der Waals surface area contributed by atoms with Crippen molar-refractivity contribution in [1.29, 1.82) is 0 Å². The highest BCUT2D eigenvalue weighted by molar-refractivity contribution is 7.84. The molecule has 0 heterocycles. The number of rotatable bonds is 4. The van der Waals surface area contributed by atoms with Crippen LogP contribution < -0.4 is 5.32 Å². The lowest BCUT2D eigenvalue weighted by Gasteiger charge is -2.18. The van der Waals surface area contributed by atoms with E-state index in [2.05, 4.69) is 38.2 Å². The summed E-state index contributed by atoms with van der Waals surface area (Å²) in [7, 11) is -1.01. The first kappa shape index (κ1) is 18.1. The van der Waals surface area contributed by atoms with Gasteiger partial charge < -0.3 is 5.32 Å². The maximum atomic E-state index is 12.0. The number of hydrogen-bond donors (Lipinski definition) is 1. The normalized spacial score (nSPS) is 13.0. The van der Waals surface area contributed by atoms with Gasteiger partial charge in [0, 0.05) is 33.7 Å². The Kier molecular flexibility index (Phi) is 5.73. The van der Waals surface area contributed by atoms with Gasteiger partial charge in [-0.2, -0.15) is 0 Å². The second-order valence-electron chi connectivity index (χ2n) is 6.67. The Labute approximate surface area is 146 Å². The molecule has 0 bridgehead atoms. The third-order valence-corrected chi connectivity index (χ3v) is 4.59. The predicted octanol–water partition coefficient (Wildman–Crippen LogP) is 4.37. The van der Waals surface area contributed by atoms with E-state index >= 15 is 0 Å². The van der Waals surface area contributed by atoms with Crippen LogP contribution in [-0.4, -0.2) is 16.4 Å². The third-order valence-electron chi connectivity index (χ3n) is 3.66. The third kappa shape index (κ3) is 5.17. The molecule has 3 nitrogen and oxygen atoms in total. The lowest BCUT2D eigenvalue weighted by Crippen LogP contribution is -2.10. The van der Waals surface area contributed by atoms with Crippen molar-refractivity contribution in [3.8, 4) is 0 Å². The van der Waals surface area contributed by atoms with Crippen molar-refractivity contribution in [1.82, 2.24) is 0 Å². The molecule has 0 radical (unpaired) electrons. The van der Waals surface area contributed by atoms with Gasteiger partial charge in [-0.25, -0.2) is 0 Å². The van der Waals surface area contributed by atoms with Crippen LogP contribution in [0, 0.1) is 0 Å². The molecule has 0 unspecified atom stereocenters. The van der Waals surface area contributed by atoms with Crippen molar-refractivity contribution in [2.45, 2.75) is 31.1 Å². The van der Waals surface area contributed by atoms with Crippen LogP contribution in [0.3, 0.4) is 0 Å². The molecule has 2 rings (SSSR count). The lowest BCUT2D eigenvalue weighted by atomic mass is 9.87. The molecule has 0 aliphatic carbocycles. The van der Waals surface area contributed by atoms with Gasteiger partial charge in [-0.3, -0.25) is 9.00 Å². The Balaban J connectivity index is 1.98. The zero-order chi connectivity index (χ0) is 17.7. The van der Waals surface area contributed by atoms with Crippen LogP contribution in [0.4, 0.5) is 5.69 Å². The predicted molar refractivity (Wildman–Crippen MR) is 102 cm³/mol. The minimum absolute atomic E-state index is 0.119. The summed E-state index contributed by atoms with van der Waals surface area (Å²) in [5.74, 6) is -0.194. The molecule has 2 aromatic rings. The maximum absolute atomic E-state index is 12.0. The fourth-order valence-corrected chi connectivity index (χ4v) is 2.70. The largest absolute Gasteiger partial charge is 0.323 e. The Bertz CT molecular complexity index is 754. The summed E-state index contributed by atoms with van der Waals surface area (Å²) in [6.45, 7) is 6.51. The van der Waals surface area contributed by atoms with E-state index in [1.54, 1.807) is 36.6 Å². The molecule has 0 spiro atoms. The molecule has 1 atom stereocenters. The van der Waals surface area contributed by atoms with E-state index in [1.165, 1.54) is 11.6 Å². The molecule has 0 aliphatic heterocycles. The molecule has 0 fully saturated rings. The van der Waals surface area contributed by atoms with E-state index in [0.717, 1.165) is 10.5 Å². The zero-order valence-corrected chi connectivity index (χ0v) is 15.3. The summed E-state index contributed by atoms with van der Waals surface area (Å²) < 4.78 is 11.3. The molecule has 1 N–H and O–H groups in total. The Morgan fingerprint density at radius 1 is 1.00 bits per heavy atom. The zero-order valence-electron chi connectivity index (χ0n) is 14.5. The summed E-state index contributed by atoms with van der Waals surface area (Å²) in [4.78, 5) is 12.7. The molecule has 1 amide bonds. The van der Waals surface area contributed by atoms with Crippen molar-refractivity contribution < 1.29 is 9.00 Å². The second kappa shape index (κ2) is 7.58. The number of carbonyl (C=O) groups excluding carboxylic acids is 1. The minimum Gasteiger partial charge on any atom is -0.323 e. The van der Waals surface area contributed by atoms with Gasteiger partial charge in [-0.15, -0.1) is 0 Å². The fourth-order valence-electron chi connectivity index (χ4n) is 2.18. The first-order valence-corrected chi connectivity index (χ1v) is 9.34. The SMILES string of the molecule is C[S@](=O)c1ccc(NC(=O)/C=C\c2ccc(C(C)(C)C)cc2)cc1. The summed E-state index contributed by atoms with van der Waals surface area (Å²) in [5.41, 5.74) is 3.04. The van der Waals surface area contributed by atoms with Crippen molar-refractivity contribution in [2.75, 3.05) is 11.6 Å². The van der Waals surface area contributed by atoms with Crippen LogP contribution in [0.25, 0.3) is 6.08 Å². The fraction of sp³-hybridized carbons (Fsp3) is 0.250. The van der Waals surface area contributed by atoms with E-state index in [4.69, 9.17) is 0 Å². The molecule has 126 valence electrons. The number of anilines is 1. The molecule has 24 heavy (non-hydrogen) atoms. The molecule has 0 aromatic heterocycles. The Morgan fingerprint density at radius 2 is 1.58 bits per heavy atom. The van der Waals surface area contributed by atoms with Gasteiger partial charge in [0.1, 0.15) is 0 Å². The summed E-state index contributed by atoms with van der Waals surface area (Å²) >= 11 is 0. The van der Waals surface area contributed by atoms with E-state index in [9.17, 15) is 9.00 Å². The van der Waals surface area contributed by atoms with Gasteiger partial charge in [0.25, 0.3) is 0 Å². The highest BCUT2D eigenvalue weighted by Gasteiger charge is 2.12. The Morgan fingerprint density at radius 3 is 2.08 bits per heavy atom. The van der Waals surface area contributed by atoms with Gasteiger partial charge in [-0.1, -0.05) is 45.0 Å². The van der Waals surface area contributed by atoms with Crippen molar-refractivity contribution in [3.05, 3.63) is 65.7 Å². The average Bonchev–Trinajstić information content (AvgIpc) is 2.53. The van der Waals surface area contributed by atoms with Gasteiger partial charge in [0.2, 0.25) is 5.91 Å². The molecular formula is C20H23NO2S. The minimum atomic E-state index is -1.01. The smallest absolute Gasteiger partial charge is 0.248 e. The molecule has 2 aromatic carbocycles. The summed E-state index contributed by atoms with van der Waals surface area (Å²) in [6, 6.07) is 15.2. The van der Waals surface area contributed by atoms with Crippen LogP contribution in [0.5, 0.6) is 0 Å². The van der Waals surface area contributed by atoms with Crippen molar-refractivity contribution >= 4 is 28.5 Å². The van der Waals surface area contributed by atoms with Gasteiger partial charge in [0.05, 0.1) is 0 Å². The van der Waals surface area contributed by atoms with Gasteiger partial charge in [-0.05, 0) is 46.9 Å². The number of benzene rings is 2. The van der Waals surface area contributed by atoms with Gasteiger partial charge in [0.15, 0.2) is 0 Å². The monoisotopic (exact) mass is 341 g/mol. The quantitative estimate of drug-likeness (QED) is 0.839. The maximum Gasteiger partial charge on any atom is 0.248 e. The highest BCUT2D eigenvalue weighted by atomic mass is 32.2. The summed E-state index contributed by atoms with van der Waals surface area (Å²) in [5, 5.41) is 2.79. The Hall–Kier alpha value is -2.20. The van der Waals surface area contributed by atoms with Crippen LogP contribution in [0.1, 0.15) is 31.9 Å².